The van der Waals surface area contributed by atoms with Crippen molar-refractivity contribution in [1.29, 1.82) is 0 Å². The lowest BCUT2D eigenvalue weighted by atomic mass is 10.1. The quantitative estimate of drug-likeness (QED) is 0.579. The van der Waals surface area contributed by atoms with E-state index in [1.54, 1.807) is 48.5 Å². The van der Waals surface area contributed by atoms with Gasteiger partial charge in [0.1, 0.15) is 12.3 Å². The molecule has 0 bridgehead atoms. The molecule has 0 spiro atoms. The van der Waals surface area contributed by atoms with E-state index in [2.05, 4.69) is 5.32 Å². The third kappa shape index (κ3) is 4.83. The van der Waals surface area contributed by atoms with Gasteiger partial charge in [-0.15, -0.1) is 11.8 Å². The van der Waals surface area contributed by atoms with Crippen molar-refractivity contribution in [3.63, 3.8) is 0 Å². The standard InChI is InChI=1S/C21H20N2O5S/c1-13(24)12-29-18-10-6-3-7-15(18)21(27)28-14(2)20(26)23-11-19(25)22-16-8-4-5-9-17(16)23/h3-10,14H,11-12H2,1-2H3,(H,22,25)/t14-/m1/s1. The number of amides is 2. The van der Waals surface area contributed by atoms with E-state index >= 15 is 0 Å². The summed E-state index contributed by atoms with van der Waals surface area (Å²) in [6.07, 6.45) is -1.09. The van der Waals surface area contributed by atoms with Gasteiger partial charge in [-0.2, -0.15) is 0 Å². The second-order valence-corrected chi connectivity index (χ2v) is 7.54. The molecule has 1 aliphatic rings. The smallest absolute Gasteiger partial charge is 0.340 e. The van der Waals surface area contributed by atoms with Gasteiger partial charge in [0.05, 0.1) is 22.7 Å². The molecule has 3 rings (SSSR count). The minimum absolute atomic E-state index is 0.0104. The van der Waals surface area contributed by atoms with E-state index in [1.165, 1.54) is 30.5 Å². The second-order valence-electron chi connectivity index (χ2n) is 6.52. The number of ether oxygens (including phenoxy) is 1. The molecule has 29 heavy (non-hydrogen) atoms. The number of benzene rings is 2. The van der Waals surface area contributed by atoms with Gasteiger partial charge in [-0.3, -0.25) is 19.3 Å². The number of esters is 1. The molecule has 150 valence electrons. The summed E-state index contributed by atoms with van der Waals surface area (Å²) in [6.45, 7) is 2.80. The van der Waals surface area contributed by atoms with Gasteiger partial charge < -0.3 is 10.1 Å². The van der Waals surface area contributed by atoms with Gasteiger partial charge in [-0.1, -0.05) is 24.3 Å². The van der Waals surface area contributed by atoms with Crippen LogP contribution < -0.4 is 10.2 Å². The number of carbonyl (C=O) groups is 4. The molecule has 0 saturated carbocycles. The number of Topliss-reactive ketones (excluding diaryl/α,β-unsaturated/α-hetero) is 1. The Hall–Kier alpha value is -3.13. The normalized spacial score (nSPS) is 13.9. The Kier molecular flexibility index (Phi) is 6.33. The van der Waals surface area contributed by atoms with Gasteiger partial charge in [0.25, 0.3) is 5.91 Å². The molecule has 2 aromatic rings. The summed E-state index contributed by atoms with van der Waals surface area (Å²) in [5, 5.41) is 2.71. The van der Waals surface area contributed by atoms with Gasteiger partial charge in [0.2, 0.25) is 5.91 Å². The first-order valence-corrected chi connectivity index (χ1v) is 9.98. The summed E-state index contributed by atoms with van der Waals surface area (Å²) in [7, 11) is 0. The molecule has 0 aromatic heterocycles. The highest BCUT2D eigenvalue weighted by Crippen LogP contribution is 2.30. The zero-order valence-corrected chi connectivity index (χ0v) is 16.8. The number of rotatable bonds is 6. The number of anilines is 2. The fourth-order valence-electron chi connectivity index (χ4n) is 2.86. The molecule has 1 atom stereocenters. The van der Waals surface area contributed by atoms with E-state index in [-0.39, 0.29) is 29.6 Å². The van der Waals surface area contributed by atoms with E-state index < -0.39 is 18.0 Å². The second kappa shape index (κ2) is 8.91. The lowest BCUT2D eigenvalue weighted by Crippen LogP contribution is -2.47. The molecule has 0 fully saturated rings. The highest BCUT2D eigenvalue weighted by Gasteiger charge is 2.31. The van der Waals surface area contributed by atoms with Crippen LogP contribution >= 0.6 is 11.8 Å². The maximum Gasteiger partial charge on any atom is 0.340 e. The summed E-state index contributed by atoms with van der Waals surface area (Å²) in [5.74, 6) is -1.24. The third-order valence-corrected chi connectivity index (χ3v) is 5.42. The minimum Gasteiger partial charge on any atom is -0.449 e. The molecular weight excluding hydrogens is 392 g/mol. The van der Waals surface area contributed by atoms with Crippen molar-refractivity contribution in [3.05, 3.63) is 54.1 Å². The lowest BCUT2D eigenvalue weighted by Gasteiger charge is -2.30. The molecule has 0 saturated heterocycles. The molecular formula is C21H20N2O5S. The van der Waals surface area contributed by atoms with Gasteiger partial charge >= 0.3 is 5.97 Å². The summed E-state index contributed by atoms with van der Waals surface area (Å²) in [5.41, 5.74) is 1.37. The maximum atomic E-state index is 12.9. The van der Waals surface area contributed by atoms with E-state index in [0.717, 1.165) is 0 Å². The first kappa shape index (κ1) is 20.6. The van der Waals surface area contributed by atoms with Gasteiger partial charge in [0, 0.05) is 4.90 Å². The van der Waals surface area contributed by atoms with Crippen molar-refractivity contribution < 1.29 is 23.9 Å². The monoisotopic (exact) mass is 412 g/mol. The van der Waals surface area contributed by atoms with Crippen LogP contribution in [0, 0.1) is 0 Å². The summed E-state index contributed by atoms with van der Waals surface area (Å²) >= 11 is 1.24. The fraction of sp³-hybridized carbons (Fsp3) is 0.238. The Morgan fingerprint density at radius 2 is 1.83 bits per heavy atom. The maximum absolute atomic E-state index is 12.9. The van der Waals surface area contributed by atoms with Crippen LogP contribution in [0.25, 0.3) is 0 Å². The number of thioether (sulfide) groups is 1. The largest absolute Gasteiger partial charge is 0.449 e. The zero-order valence-electron chi connectivity index (χ0n) is 16.0. The van der Waals surface area contributed by atoms with Gasteiger partial charge in [-0.25, -0.2) is 4.79 Å². The SMILES string of the molecule is CC(=O)CSc1ccccc1C(=O)O[C@H](C)C(=O)N1CC(=O)Nc2ccccc21. The topological polar surface area (TPSA) is 92.8 Å². The van der Waals surface area contributed by atoms with E-state index in [4.69, 9.17) is 4.74 Å². The molecule has 0 unspecified atom stereocenters. The van der Waals surface area contributed by atoms with Crippen LogP contribution in [0.1, 0.15) is 24.2 Å². The zero-order chi connectivity index (χ0) is 21.0. The summed E-state index contributed by atoms with van der Waals surface area (Å²) in [4.78, 5) is 50.6. The summed E-state index contributed by atoms with van der Waals surface area (Å²) in [6, 6.07) is 13.7. The predicted octanol–water partition coefficient (Wildman–Crippen LogP) is 2.90. The van der Waals surface area contributed by atoms with E-state index in [1.807, 2.05) is 0 Å². The number of nitrogens with one attached hydrogen (secondary N) is 1. The van der Waals surface area contributed by atoms with Crippen molar-refractivity contribution in [2.24, 2.45) is 0 Å². The highest BCUT2D eigenvalue weighted by molar-refractivity contribution is 8.00. The first-order valence-electron chi connectivity index (χ1n) is 8.99. The van der Waals surface area contributed by atoms with Crippen molar-refractivity contribution in [2.75, 3.05) is 22.5 Å². The Labute approximate surface area is 172 Å². The molecule has 1 aliphatic heterocycles. The van der Waals surface area contributed by atoms with Crippen molar-refractivity contribution in [1.82, 2.24) is 0 Å². The van der Waals surface area contributed by atoms with Crippen molar-refractivity contribution >= 4 is 46.7 Å². The Balaban J connectivity index is 1.75. The molecule has 7 nitrogen and oxygen atoms in total. The van der Waals surface area contributed by atoms with Crippen LogP contribution in [-0.4, -0.2) is 42.0 Å². The van der Waals surface area contributed by atoms with Crippen LogP contribution in [-0.2, 0) is 19.1 Å². The Bertz CT molecular complexity index is 975. The van der Waals surface area contributed by atoms with Crippen LogP contribution in [0.3, 0.4) is 0 Å². The van der Waals surface area contributed by atoms with E-state index in [0.29, 0.717) is 16.3 Å². The average Bonchev–Trinajstić information content (AvgIpc) is 2.71. The summed E-state index contributed by atoms with van der Waals surface area (Å²) < 4.78 is 5.39. The van der Waals surface area contributed by atoms with Crippen LogP contribution in [0.4, 0.5) is 11.4 Å². The number of nitrogens with zero attached hydrogens (tertiary/aromatic N) is 1. The number of fused-ring (bicyclic) bond motifs is 1. The number of hydrogen-bond acceptors (Lipinski definition) is 6. The van der Waals surface area contributed by atoms with Gasteiger partial charge in [0.15, 0.2) is 6.10 Å². The van der Waals surface area contributed by atoms with Crippen molar-refractivity contribution in [2.45, 2.75) is 24.8 Å². The lowest BCUT2D eigenvalue weighted by molar-refractivity contribution is -0.128. The Morgan fingerprint density at radius 3 is 2.59 bits per heavy atom. The average molecular weight is 412 g/mol. The van der Waals surface area contributed by atoms with Crippen LogP contribution in [0.2, 0.25) is 0 Å². The molecule has 0 aliphatic carbocycles. The van der Waals surface area contributed by atoms with E-state index in [9.17, 15) is 19.2 Å². The number of carbonyl (C=O) groups excluding carboxylic acids is 4. The van der Waals surface area contributed by atoms with Crippen molar-refractivity contribution in [3.8, 4) is 0 Å². The van der Waals surface area contributed by atoms with Gasteiger partial charge in [-0.05, 0) is 38.1 Å². The minimum atomic E-state index is -1.09. The first-order chi connectivity index (χ1) is 13.9. The number of ketones is 1. The molecule has 8 heteroatoms. The predicted molar refractivity (Wildman–Crippen MR) is 110 cm³/mol. The number of hydrogen-bond donors (Lipinski definition) is 1. The fourth-order valence-corrected chi connectivity index (χ4v) is 3.70. The highest BCUT2D eigenvalue weighted by atomic mass is 32.2. The molecule has 2 amide bonds. The molecule has 1 N–H and O–H groups in total. The number of para-hydroxylation sites is 2. The molecule has 1 heterocycles. The van der Waals surface area contributed by atoms with Crippen LogP contribution in [0.15, 0.2) is 53.4 Å². The Morgan fingerprint density at radius 1 is 1.14 bits per heavy atom. The van der Waals surface area contributed by atoms with Crippen LogP contribution in [0.5, 0.6) is 0 Å². The molecule has 0 radical (unpaired) electrons. The molecule has 2 aromatic carbocycles. The third-order valence-electron chi connectivity index (χ3n) is 4.21.